The highest BCUT2D eigenvalue weighted by atomic mass is 35.5. The van der Waals surface area contributed by atoms with Crippen LogP contribution in [0.4, 0.5) is 5.69 Å². The van der Waals surface area contributed by atoms with Crippen LogP contribution in [0.15, 0.2) is 35.0 Å². The summed E-state index contributed by atoms with van der Waals surface area (Å²) in [4.78, 5) is 25.9. The summed E-state index contributed by atoms with van der Waals surface area (Å²) < 4.78 is 0. The molecule has 0 unspecified atom stereocenters. The number of anilines is 1. The van der Waals surface area contributed by atoms with Gasteiger partial charge in [0.2, 0.25) is 5.91 Å². The summed E-state index contributed by atoms with van der Waals surface area (Å²) >= 11 is 13.5. The molecule has 1 aromatic heterocycles. The Balaban J connectivity index is 2.05. The first-order valence-electron chi connectivity index (χ1n) is 6.58. The van der Waals surface area contributed by atoms with E-state index in [1.165, 1.54) is 16.2 Å². The van der Waals surface area contributed by atoms with Crippen LogP contribution in [-0.2, 0) is 4.79 Å². The van der Waals surface area contributed by atoms with Crippen LogP contribution < -0.4 is 5.32 Å². The Bertz CT molecular complexity index is 654. The summed E-state index contributed by atoms with van der Waals surface area (Å²) in [6.07, 6.45) is 0. The van der Waals surface area contributed by atoms with Crippen molar-refractivity contribution in [2.24, 2.45) is 0 Å². The number of nitrogens with one attached hydrogen (secondary N) is 1. The van der Waals surface area contributed by atoms with Crippen molar-refractivity contribution in [3.8, 4) is 0 Å². The zero-order chi connectivity index (χ0) is 16.1. The summed E-state index contributed by atoms with van der Waals surface area (Å²) in [5.41, 5.74) is 0.935. The van der Waals surface area contributed by atoms with E-state index in [0.717, 1.165) is 0 Å². The molecule has 1 aromatic carbocycles. The van der Waals surface area contributed by atoms with Crippen molar-refractivity contribution in [1.82, 2.24) is 4.90 Å². The Morgan fingerprint density at radius 3 is 2.45 bits per heavy atom. The van der Waals surface area contributed by atoms with E-state index < -0.39 is 0 Å². The van der Waals surface area contributed by atoms with Gasteiger partial charge in [-0.25, -0.2) is 0 Å². The lowest BCUT2D eigenvalue weighted by molar-refractivity contribution is -0.116. The number of halogens is 2. The third kappa shape index (κ3) is 4.00. The molecule has 0 aliphatic carbocycles. The molecule has 0 aliphatic heterocycles. The first kappa shape index (κ1) is 16.8. The van der Waals surface area contributed by atoms with Gasteiger partial charge in [-0.2, -0.15) is 11.3 Å². The second-order valence-electron chi connectivity index (χ2n) is 4.48. The van der Waals surface area contributed by atoms with Crippen LogP contribution in [0.5, 0.6) is 0 Å². The van der Waals surface area contributed by atoms with Gasteiger partial charge in [-0.3, -0.25) is 9.59 Å². The summed E-state index contributed by atoms with van der Waals surface area (Å²) in [5.74, 6) is -0.524. The minimum Gasteiger partial charge on any atom is -0.330 e. The van der Waals surface area contributed by atoms with Crippen molar-refractivity contribution in [2.45, 2.75) is 6.92 Å². The summed E-state index contributed by atoms with van der Waals surface area (Å²) in [5, 5.41) is 6.94. The highest BCUT2D eigenvalue weighted by molar-refractivity contribution is 7.08. The average molecular weight is 357 g/mol. The zero-order valence-corrected chi connectivity index (χ0v) is 14.1. The topological polar surface area (TPSA) is 49.4 Å². The molecule has 7 heteroatoms. The molecule has 2 aromatic rings. The molecule has 0 bridgehead atoms. The SMILES string of the molecule is CCN(CC(=O)Nc1c(Cl)cccc1Cl)C(=O)c1ccsc1. The van der Waals surface area contributed by atoms with Crippen molar-refractivity contribution >= 4 is 52.0 Å². The van der Waals surface area contributed by atoms with Gasteiger partial charge in [0.25, 0.3) is 5.91 Å². The molecule has 116 valence electrons. The van der Waals surface area contributed by atoms with E-state index in [-0.39, 0.29) is 18.4 Å². The van der Waals surface area contributed by atoms with Crippen LogP contribution in [0.25, 0.3) is 0 Å². The first-order chi connectivity index (χ1) is 10.5. The van der Waals surface area contributed by atoms with Crippen LogP contribution in [-0.4, -0.2) is 29.8 Å². The van der Waals surface area contributed by atoms with Gasteiger partial charge in [-0.15, -0.1) is 0 Å². The van der Waals surface area contributed by atoms with E-state index in [1.54, 1.807) is 29.6 Å². The van der Waals surface area contributed by atoms with Gasteiger partial charge in [0, 0.05) is 11.9 Å². The van der Waals surface area contributed by atoms with E-state index >= 15 is 0 Å². The minimum absolute atomic E-state index is 0.0628. The molecule has 1 heterocycles. The fourth-order valence-corrected chi connectivity index (χ4v) is 2.99. The normalized spacial score (nSPS) is 10.3. The molecule has 0 spiro atoms. The molecule has 0 saturated carbocycles. The van der Waals surface area contributed by atoms with Crippen molar-refractivity contribution in [2.75, 3.05) is 18.4 Å². The Kier molecular flexibility index (Phi) is 5.83. The molecular weight excluding hydrogens is 343 g/mol. The lowest BCUT2D eigenvalue weighted by atomic mass is 10.2. The molecule has 2 rings (SSSR count). The lowest BCUT2D eigenvalue weighted by Gasteiger charge is -2.20. The van der Waals surface area contributed by atoms with Gasteiger partial charge in [-0.05, 0) is 30.5 Å². The van der Waals surface area contributed by atoms with Gasteiger partial charge >= 0.3 is 0 Å². The van der Waals surface area contributed by atoms with Crippen LogP contribution >= 0.6 is 34.5 Å². The number of thiophene rings is 1. The summed E-state index contributed by atoms with van der Waals surface area (Å²) in [6.45, 7) is 2.19. The van der Waals surface area contributed by atoms with Crippen LogP contribution in [0.3, 0.4) is 0 Å². The number of carbonyl (C=O) groups excluding carboxylic acids is 2. The van der Waals surface area contributed by atoms with E-state index in [1.807, 2.05) is 12.3 Å². The Morgan fingerprint density at radius 2 is 1.91 bits per heavy atom. The quantitative estimate of drug-likeness (QED) is 0.874. The zero-order valence-electron chi connectivity index (χ0n) is 11.8. The smallest absolute Gasteiger partial charge is 0.255 e. The number of para-hydroxylation sites is 1. The number of hydrogen-bond acceptors (Lipinski definition) is 3. The second-order valence-corrected chi connectivity index (χ2v) is 6.07. The maximum atomic E-state index is 12.3. The van der Waals surface area contributed by atoms with E-state index in [2.05, 4.69) is 5.32 Å². The monoisotopic (exact) mass is 356 g/mol. The van der Waals surface area contributed by atoms with E-state index in [0.29, 0.717) is 27.8 Å². The van der Waals surface area contributed by atoms with Gasteiger partial charge in [0.15, 0.2) is 0 Å². The lowest BCUT2D eigenvalue weighted by Crippen LogP contribution is -2.37. The van der Waals surface area contributed by atoms with E-state index in [4.69, 9.17) is 23.2 Å². The predicted octanol–water partition coefficient (Wildman–Crippen LogP) is 4.16. The van der Waals surface area contributed by atoms with Gasteiger partial charge in [0.05, 0.1) is 21.3 Å². The molecule has 0 radical (unpaired) electrons. The largest absolute Gasteiger partial charge is 0.330 e. The number of amides is 2. The van der Waals surface area contributed by atoms with Gasteiger partial charge in [-0.1, -0.05) is 29.3 Å². The van der Waals surface area contributed by atoms with Crippen LogP contribution in [0.1, 0.15) is 17.3 Å². The number of rotatable bonds is 5. The molecular formula is C15H14Cl2N2O2S. The Hall–Kier alpha value is -1.56. The van der Waals surface area contributed by atoms with Gasteiger partial charge in [0.1, 0.15) is 6.54 Å². The average Bonchev–Trinajstić information content (AvgIpc) is 3.02. The number of carbonyl (C=O) groups is 2. The molecule has 2 amide bonds. The molecule has 0 saturated heterocycles. The highest BCUT2D eigenvalue weighted by Crippen LogP contribution is 2.29. The van der Waals surface area contributed by atoms with Crippen molar-refractivity contribution in [3.05, 3.63) is 50.6 Å². The number of hydrogen-bond donors (Lipinski definition) is 1. The molecule has 0 atom stereocenters. The second kappa shape index (κ2) is 7.63. The van der Waals surface area contributed by atoms with Crippen molar-refractivity contribution in [1.29, 1.82) is 0 Å². The van der Waals surface area contributed by atoms with Gasteiger partial charge < -0.3 is 10.2 Å². The fraction of sp³-hybridized carbons (Fsp3) is 0.200. The number of nitrogens with zero attached hydrogens (tertiary/aromatic N) is 1. The molecule has 0 aliphatic rings. The maximum absolute atomic E-state index is 12.3. The summed E-state index contributed by atoms with van der Waals surface area (Å²) in [6, 6.07) is 6.70. The van der Waals surface area contributed by atoms with E-state index in [9.17, 15) is 9.59 Å². The van der Waals surface area contributed by atoms with Crippen LogP contribution in [0, 0.1) is 0 Å². The number of likely N-dealkylation sites (N-methyl/N-ethyl adjacent to an activating group) is 1. The molecule has 1 N–H and O–H groups in total. The number of benzene rings is 1. The molecule has 0 fully saturated rings. The summed E-state index contributed by atoms with van der Waals surface area (Å²) in [7, 11) is 0. The Morgan fingerprint density at radius 1 is 1.23 bits per heavy atom. The van der Waals surface area contributed by atoms with Crippen LogP contribution in [0.2, 0.25) is 10.0 Å². The predicted molar refractivity (Wildman–Crippen MR) is 91.0 cm³/mol. The Labute approximate surface area is 142 Å². The van der Waals surface area contributed by atoms with Crippen molar-refractivity contribution < 1.29 is 9.59 Å². The standard InChI is InChI=1S/C15H14Cl2N2O2S/c1-2-19(15(21)10-6-7-22-9-10)8-13(20)18-14-11(16)4-3-5-12(14)17/h3-7,9H,2,8H2,1H3,(H,18,20). The third-order valence-electron chi connectivity index (χ3n) is 3.00. The van der Waals surface area contributed by atoms with Crippen molar-refractivity contribution in [3.63, 3.8) is 0 Å². The highest BCUT2D eigenvalue weighted by Gasteiger charge is 2.18. The molecule has 4 nitrogen and oxygen atoms in total. The maximum Gasteiger partial charge on any atom is 0.255 e. The fourth-order valence-electron chi connectivity index (χ4n) is 1.87. The first-order valence-corrected chi connectivity index (χ1v) is 8.28. The minimum atomic E-state index is -0.347. The third-order valence-corrected chi connectivity index (χ3v) is 4.31. The molecule has 22 heavy (non-hydrogen) atoms.